The van der Waals surface area contributed by atoms with E-state index in [9.17, 15) is 8.78 Å². The summed E-state index contributed by atoms with van der Waals surface area (Å²) in [5.74, 6) is -2.89. The van der Waals surface area contributed by atoms with E-state index in [1.54, 1.807) is 0 Å². The predicted octanol–water partition coefficient (Wildman–Crippen LogP) is 5.58. The first-order valence-corrected chi connectivity index (χ1v) is 7.97. The Bertz CT molecular complexity index is 585. The molecule has 0 amide bonds. The van der Waals surface area contributed by atoms with Gasteiger partial charge in [-0.3, -0.25) is 0 Å². The van der Waals surface area contributed by atoms with Crippen molar-refractivity contribution in [2.24, 2.45) is 5.92 Å². The fraction of sp³-hybridized carbons (Fsp3) is 0.684. The lowest BCUT2D eigenvalue weighted by molar-refractivity contribution is -0.129. The Hall–Kier alpha value is -0.920. The Morgan fingerprint density at radius 3 is 1.95 bits per heavy atom. The Morgan fingerprint density at radius 1 is 0.952 bits per heavy atom. The van der Waals surface area contributed by atoms with Crippen molar-refractivity contribution in [3.63, 3.8) is 0 Å². The number of benzene rings is 1. The summed E-state index contributed by atoms with van der Waals surface area (Å²) in [5, 5.41) is 0. The molecule has 116 valence electrons. The Labute approximate surface area is 126 Å². The van der Waals surface area contributed by atoms with E-state index in [4.69, 9.17) is 0 Å². The number of fused-ring (bicyclic) bond motifs is 3. The molecule has 1 aromatic rings. The van der Waals surface area contributed by atoms with Crippen molar-refractivity contribution in [2.75, 3.05) is 0 Å². The first-order valence-electron chi connectivity index (χ1n) is 7.97. The lowest BCUT2D eigenvalue weighted by Gasteiger charge is -2.42. The molecule has 2 unspecified atom stereocenters. The second-order valence-corrected chi connectivity index (χ2v) is 8.96. The van der Waals surface area contributed by atoms with Crippen LogP contribution in [0.4, 0.5) is 8.78 Å². The van der Waals surface area contributed by atoms with Gasteiger partial charge in [0.15, 0.2) is 0 Å². The van der Waals surface area contributed by atoms with Gasteiger partial charge in [0, 0.05) is 6.42 Å². The van der Waals surface area contributed by atoms with Crippen LogP contribution in [-0.4, -0.2) is 5.92 Å². The molecule has 0 radical (unpaired) electrons. The second-order valence-electron chi connectivity index (χ2n) is 8.96. The lowest BCUT2D eigenvalue weighted by Crippen LogP contribution is -2.43. The molecule has 0 aromatic heterocycles. The zero-order valence-corrected chi connectivity index (χ0v) is 14.0. The Balaban J connectivity index is 2.24. The maximum Gasteiger partial charge on any atom is 0.255 e. The summed E-state index contributed by atoms with van der Waals surface area (Å²) in [4.78, 5) is 0. The third-order valence-corrected chi connectivity index (χ3v) is 5.21. The van der Waals surface area contributed by atoms with E-state index in [0.717, 1.165) is 17.5 Å². The van der Waals surface area contributed by atoms with Crippen LogP contribution in [0.15, 0.2) is 12.1 Å². The lowest BCUT2D eigenvalue weighted by atomic mass is 9.67. The fourth-order valence-corrected chi connectivity index (χ4v) is 4.27. The molecular formula is C19H26F2. The molecule has 2 aliphatic carbocycles. The maximum absolute atomic E-state index is 14.2. The van der Waals surface area contributed by atoms with Crippen molar-refractivity contribution in [3.05, 3.63) is 34.4 Å². The van der Waals surface area contributed by atoms with Gasteiger partial charge in [0.1, 0.15) is 0 Å². The average Bonchev–Trinajstić information content (AvgIpc) is 2.58. The van der Waals surface area contributed by atoms with Gasteiger partial charge in [0.05, 0.1) is 5.92 Å². The summed E-state index contributed by atoms with van der Waals surface area (Å²) in [5.41, 5.74) is 4.52. The summed E-state index contributed by atoms with van der Waals surface area (Å²) in [6, 6.07) is 4.29. The van der Waals surface area contributed by atoms with Crippen LogP contribution in [0.2, 0.25) is 0 Å². The van der Waals surface area contributed by atoms with Gasteiger partial charge in [-0.05, 0) is 45.4 Å². The predicted molar refractivity (Wildman–Crippen MR) is 83.3 cm³/mol. The van der Waals surface area contributed by atoms with Crippen molar-refractivity contribution in [2.45, 2.75) is 77.1 Å². The Morgan fingerprint density at radius 2 is 1.48 bits per heavy atom. The summed E-state index contributed by atoms with van der Waals surface area (Å²) in [7, 11) is 0. The van der Waals surface area contributed by atoms with E-state index in [0.29, 0.717) is 0 Å². The van der Waals surface area contributed by atoms with E-state index in [1.165, 1.54) is 11.1 Å². The van der Waals surface area contributed by atoms with Gasteiger partial charge in [0.2, 0.25) is 0 Å². The number of rotatable bonds is 0. The third-order valence-electron chi connectivity index (χ3n) is 5.21. The van der Waals surface area contributed by atoms with Crippen LogP contribution in [-0.2, 0) is 17.3 Å². The standard InChI is InChI=1S/C19H26F2/c1-17(2,3)13-7-8-14(18(4,5)6)15-12(13)9-11-10-19(20,21)16(11)15/h7-8,11,16H,9-10H2,1-6H3. The molecule has 0 nitrogen and oxygen atoms in total. The minimum atomic E-state index is -2.51. The molecule has 0 aliphatic heterocycles. The summed E-state index contributed by atoms with van der Waals surface area (Å²) in [6.07, 6.45) is 0.908. The molecule has 3 rings (SSSR count). The molecule has 0 saturated heterocycles. The zero-order valence-electron chi connectivity index (χ0n) is 14.0. The zero-order chi connectivity index (χ0) is 15.8. The van der Waals surface area contributed by atoms with Crippen LogP contribution >= 0.6 is 0 Å². The van der Waals surface area contributed by atoms with Gasteiger partial charge >= 0.3 is 0 Å². The molecule has 0 bridgehead atoms. The van der Waals surface area contributed by atoms with Crippen LogP contribution in [0.25, 0.3) is 0 Å². The van der Waals surface area contributed by atoms with Gasteiger partial charge in [-0.25, -0.2) is 8.78 Å². The molecule has 21 heavy (non-hydrogen) atoms. The monoisotopic (exact) mass is 292 g/mol. The van der Waals surface area contributed by atoms with Crippen LogP contribution in [0, 0.1) is 5.92 Å². The van der Waals surface area contributed by atoms with E-state index in [-0.39, 0.29) is 23.2 Å². The molecule has 1 aromatic carbocycles. The minimum Gasteiger partial charge on any atom is -0.206 e. The third kappa shape index (κ3) is 2.13. The van der Waals surface area contributed by atoms with Gasteiger partial charge in [-0.1, -0.05) is 53.7 Å². The first kappa shape index (κ1) is 15.0. The molecule has 0 spiro atoms. The topological polar surface area (TPSA) is 0 Å². The normalized spacial score (nSPS) is 27.0. The highest BCUT2D eigenvalue weighted by molar-refractivity contribution is 5.54. The minimum absolute atomic E-state index is 0.0135. The molecule has 0 N–H and O–H groups in total. The summed E-state index contributed by atoms with van der Waals surface area (Å²) >= 11 is 0. The summed E-state index contributed by atoms with van der Waals surface area (Å²) in [6.45, 7) is 12.9. The number of hydrogen-bond donors (Lipinski definition) is 0. The SMILES string of the molecule is CC(C)(C)c1ccc(C(C)(C)C)c2c1CC1CC(F)(F)C21. The highest BCUT2D eigenvalue weighted by atomic mass is 19.3. The highest BCUT2D eigenvalue weighted by Crippen LogP contribution is 2.62. The molecular weight excluding hydrogens is 266 g/mol. The molecule has 0 heterocycles. The number of hydrogen-bond acceptors (Lipinski definition) is 0. The quantitative estimate of drug-likeness (QED) is 0.586. The van der Waals surface area contributed by atoms with Crippen LogP contribution in [0.5, 0.6) is 0 Å². The largest absolute Gasteiger partial charge is 0.255 e. The van der Waals surface area contributed by atoms with E-state index in [1.807, 2.05) is 0 Å². The van der Waals surface area contributed by atoms with Crippen LogP contribution < -0.4 is 0 Å². The van der Waals surface area contributed by atoms with Crippen molar-refractivity contribution in [1.29, 1.82) is 0 Å². The van der Waals surface area contributed by atoms with Gasteiger partial charge < -0.3 is 0 Å². The first-order chi connectivity index (χ1) is 9.43. The average molecular weight is 292 g/mol. The van der Waals surface area contributed by atoms with E-state index in [2.05, 4.69) is 53.7 Å². The Kier molecular flexibility index (Phi) is 2.92. The molecule has 2 atom stereocenters. The number of alkyl halides is 2. The van der Waals surface area contributed by atoms with Crippen molar-refractivity contribution in [1.82, 2.24) is 0 Å². The molecule has 1 saturated carbocycles. The fourth-order valence-electron chi connectivity index (χ4n) is 4.27. The summed E-state index contributed by atoms with van der Waals surface area (Å²) < 4.78 is 28.3. The van der Waals surface area contributed by atoms with Crippen LogP contribution in [0.1, 0.15) is 76.1 Å². The van der Waals surface area contributed by atoms with Gasteiger partial charge in [-0.2, -0.15) is 0 Å². The van der Waals surface area contributed by atoms with Crippen molar-refractivity contribution in [3.8, 4) is 0 Å². The van der Waals surface area contributed by atoms with Crippen LogP contribution in [0.3, 0.4) is 0 Å². The maximum atomic E-state index is 14.2. The highest BCUT2D eigenvalue weighted by Gasteiger charge is 2.61. The van der Waals surface area contributed by atoms with Gasteiger partial charge in [0.25, 0.3) is 5.92 Å². The van der Waals surface area contributed by atoms with Crippen molar-refractivity contribution < 1.29 is 8.78 Å². The number of halogens is 2. The smallest absolute Gasteiger partial charge is 0.206 e. The molecule has 2 heteroatoms. The van der Waals surface area contributed by atoms with E-state index < -0.39 is 11.8 Å². The van der Waals surface area contributed by atoms with Gasteiger partial charge in [-0.15, -0.1) is 0 Å². The molecule has 2 aliphatic rings. The second kappa shape index (κ2) is 4.08. The molecule has 1 fully saturated rings. The van der Waals surface area contributed by atoms with E-state index >= 15 is 0 Å². The van der Waals surface area contributed by atoms with Crippen molar-refractivity contribution >= 4 is 0 Å².